The molecule has 0 radical (unpaired) electrons. The fourth-order valence-corrected chi connectivity index (χ4v) is 6.33. The number of thioether (sulfide) groups is 1. The van der Waals surface area contributed by atoms with E-state index in [4.69, 9.17) is 11.6 Å². The minimum atomic E-state index is -3.98. The van der Waals surface area contributed by atoms with Gasteiger partial charge in [0.25, 0.3) is 10.0 Å². The molecule has 0 aliphatic rings. The van der Waals surface area contributed by atoms with E-state index in [1.54, 1.807) is 60.3 Å². The van der Waals surface area contributed by atoms with Crippen molar-refractivity contribution in [2.24, 2.45) is 0 Å². The van der Waals surface area contributed by atoms with Gasteiger partial charge >= 0.3 is 0 Å². The second-order valence-corrected chi connectivity index (χ2v) is 12.0. The zero-order valence-electron chi connectivity index (χ0n) is 19.0. The van der Waals surface area contributed by atoms with E-state index in [9.17, 15) is 13.2 Å². The van der Waals surface area contributed by atoms with Crippen molar-refractivity contribution >= 4 is 66.6 Å². The summed E-state index contributed by atoms with van der Waals surface area (Å²) in [5, 5.41) is 3.57. The van der Waals surface area contributed by atoms with E-state index in [1.165, 1.54) is 12.1 Å². The number of hydrogen-bond acceptors (Lipinski definition) is 4. The molecule has 0 heterocycles. The fraction of sp³-hybridized carbons (Fsp3) is 0.0741. The van der Waals surface area contributed by atoms with Gasteiger partial charge in [-0.1, -0.05) is 76.1 Å². The lowest BCUT2D eigenvalue weighted by Gasteiger charge is -2.24. The molecule has 0 atom stereocenters. The first kappa shape index (κ1) is 26.3. The van der Waals surface area contributed by atoms with Gasteiger partial charge in [0, 0.05) is 20.1 Å². The third-order valence-electron chi connectivity index (χ3n) is 5.18. The van der Waals surface area contributed by atoms with Crippen molar-refractivity contribution in [3.8, 4) is 0 Å². The quantitative estimate of drug-likeness (QED) is 0.206. The fourth-order valence-electron chi connectivity index (χ4n) is 3.42. The van der Waals surface area contributed by atoms with Gasteiger partial charge in [0.1, 0.15) is 6.54 Å². The number of benzene rings is 4. The standard InChI is InChI=1S/C27H22BrClN2O3S2/c28-21-7-6-8-23(17-21)31(36(33,34)24-9-2-1-3-10-24)18-27(32)30-25-11-4-5-12-26(25)35-19-20-13-15-22(29)16-14-20/h1-17H,18-19H2,(H,30,32). The van der Waals surface area contributed by atoms with Crippen molar-refractivity contribution in [1.82, 2.24) is 0 Å². The minimum Gasteiger partial charge on any atom is -0.323 e. The molecule has 0 unspecified atom stereocenters. The molecule has 0 saturated heterocycles. The Kier molecular flexibility index (Phi) is 8.74. The second-order valence-electron chi connectivity index (χ2n) is 7.76. The normalized spacial score (nSPS) is 11.2. The Balaban J connectivity index is 1.55. The van der Waals surface area contributed by atoms with Crippen LogP contribution in [0.5, 0.6) is 0 Å². The molecule has 36 heavy (non-hydrogen) atoms. The molecule has 0 aliphatic carbocycles. The van der Waals surface area contributed by atoms with Crippen LogP contribution in [0.3, 0.4) is 0 Å². The summed E-state index contributed by atoms with van der Waals surface area (Å²) < 4.78 is 28.8. The first-order valence-corrected chi connectivity index (χ1v) is 14.5. The third-order valence-corrected chi connectivity index (χ3v) is 8.86. The number of carbonyl (C=O) groups excluding carboxylic acids is 1. The van der Waals surface area contributed by atoms with Crippen LogP contribution in [0.15, 0.2) is 117 Å². The number of nitrogens with zero attached hydrogens (tertiary/aromatic N) is 1. The number of rotatable bonds is 9. The zero-order chi connectivity index (χ0) is 25.5. The lowest BCUT2D eigenvalue weighted by Crippen LogP contribution is -2.38. The second kappa shape index (κ2) is 12.0. The molecular formula is C27H22BrClN2O3S2. The highest BCUT2D eigenvalue weighted by molar-refractivity contribution is 9.10. The molecule has 4 aromatic carbocycles. The highest BCUT2D eigenvalue weighted by Crippen LogP contribution is 2.31. The molecule has 0 aliphatic heterocycles. The van der Waals surface area contributed by atoms with Crippen LogP contribution in [0.2, 0.25) is 5.02 Å². The topological polar surface area (TPSA) is 66.5 Å². The van der Waals surface area contributed by atoms with Crippen LogP contribution in [-0.4, -0.2) is 20.9 Å². The van der Waals surface area contributed by atoms with Crippen molar-refractivity contribution in [2.75, 3.05) is 16.2 Å². The average molecular weight is 602 g/mol. The lowest BCUT2D eigenvalue weighted by atomic mass is 10.2. The minimum absolute atomic E-state index is 0.108. The van der Waals surface area contributed by atoms with E-state index in [-0.39, 0.29) is 11.4 Å². The van der Waals surface area contributed by atoms with Crippen LogP contribution >= 0.6 is 39.3 Å². The van der Waals surface area contributed by atoms with Gasteiger partial charge in [-0.2, -0.15) is 0 Å². The SMILES string of the molecule is O=C(CN(c1cccc(Br)c1)S(=O)(=O)c1ccccc1)Nc1ccccc1SCc1ccc(Cl)cc1. The molecule has 0 fully saturated rings. The summed E-state index contributed by atoms with van der Waals surface area (Å²) in [5.74, 6) is 0.241. The first-order chi connectivity index (χ1) is 17.3. The van der Waals surface area contributed by atoms with Crippen LogP contribution in [-0.2, 0) is 20.6 Å². The van der Waals surface area contributed by atoms with Crippen molar-refractivity contribution in [1.29, 1.82) is 0 Å². The maximum absolute atomic E-state index is 13.5. The molecule has 1 amide bonds. The van der Waals surface area contributed by atoms with Gasteiger partial charge in [-0.05, 0) is 60.2 Å². The van der Waals surface area contributed by atoms with E-state index in [2.05, 4.69) is 21.2 Å². The Hall–Kier alpha value is -2.78. The zero-order valence-corrected chi connectivity index (χ0v) is 22.9. The van der Waals surface area contributed by atoms with Crippen molar-refractivity contribution < 1.29 is 13.2 Å². The Bertz CT molecular complexity index is 1450. The van der Waals surface area contributed by atoms with E-state index in [0.717, 1.165) is 14.8 Å². The van der Waals surface area contributed by atoms with Crippen LogP contribution < -0.4 is 9.62 Å². The number of nitrogens with one attached hydrogen (secondary N) is 1. The molecule has 0 spiro atoms. The largest absolute Gasteiger partial charge is 0.323 e. The first-order valence-electron chi connectivity index (χ1n) is 10.9. The van der Waals surface area contributed by atoms with Crippen molar-refractivity contribution in [3.63, 3.8) is 0 Å². The molecule has 0 bridgehead atoms. The summed E-state index contributed by atoms with van der Waals surface area (Å²) in [5.41, 5.74) is 2.10. The van der Waals surface area contributed by atoms with Crippen molar-refractivity contribution in [2.45, 2.75) is 15.5 Å². The summed E-state index contributed by atoms with van der Waals surface area (Å²) in [4.78, 5) is 14.2. The Morgan fingerprint density at radius 1 is 0.889 bits per heavy atom. The molecular weight excluding hydrogens is 580 g/mol. The molecule has 5 nitrogen and oxygen atoms in total. The highest BCUT2D eigenvalue weighted by atomic mass is 79.9. The smallest absolute Gasteiger partial charge is 0.264 e. The number of amides is 1. The van der Waals surface area contributed by atoms with E-state index in [1.807, 2.05) is 42.5 Å². The molecule has 4 aromatic rings. The molecule has 9 heteroatoms. The summed E-state index contributed by atoms with van der Waals surface area (Å²) in [6.07, 6.45) is 0. The van der Waals surface area contributed by atoms with Crippen LogP contribution in [0.25, 0.3) is 0 Å². The summed E-state index contributed by atoms with van der Waals surface area (Å²) >= 11 is 10.9. The van der Waals surface area contributed by atoms with Gasteiger partial charge in [-0.25, -0.2) is 8.42 Å². The number of hydrogen-bond donors (Lipinski definition) is 1. The van der Waals surface area contributed by atoms with Gasteiger partial charge in [-0.3, -0.25) is 9.10 Å². The summed E-state index contributed by atoms with van der Waals surface area (Å²) in [6.45, 7) is -0.385. The molecule has 4 rings (SSSR count). The molecule has 0 saturated carbocycles. The Morgan fingerprint density at radius 2 is 1.58 bits per heavy atom. The average Bonchev–Trinajstić information content (AvgIpc) is 2.88. The van der Waals surface area contributed by atoms with Crippen molar-refractivity contribution in [3.05, 3.63) is 118 Å². The number of sulfonamides is 1. The maximum Gasteiger partial charge on any atom is 0.264 e. The Labute approximate surface area is 228 Å². The number of halogens is 2. The Morgan fingerprint density at radius 3 is 2.31 bits per heavy atom. The monoisotopic (exact) mass is 600 g/mol. The summed E-state index contributed by atoms with van der Waals surface area (Å²) in [6, 6.07) is 30.0. The lowest BCUT2D eigenvalue weighted by molar-refractivity contribution is -0.114. The predicted octanol–water partition coefficient (Wildman–Crippen LogP) is 7.23. The van der Waals surface area contributed by atoms with Gasteiger partial charge in [0.2, 0.25) is 5.91 Å². The van der Waals surface area contributed by atoms with Crippen LogP contribution in [0, 0.1) is 0 Å². The van der Waals surface area contributed by atoms with E-state index in [0.29, 0.717) is 26.6 Å². The summed E-state index contributed by atoms with van der Waals surface area (Å²) in [7, 11) is -3.98. The molecule has 184 valence electrons. The number of carbonyl (C=O) groups is 1. The molecule has 0 aromatic heterocycles. The van der Waals surface area contributed by atoms with Gasteiger partial charge in [-0.15, -0.1) is 11.8 Å². The van der Waals surface area contributed by atoms with Gasteiger partial charge in [0.15, 0.2) is 0 Å². The number of para-hydroxylation sites is 1. The van der Waals surface area contributed by atoms with E-state index >= 15 is 0 Å². The predicted molar refractivity (Wildman–Crippen MR) is 151 cm³/mol. The van der Waals surface area contributed by atoms with E-state index < -0.39 is 15.9 Å². The van der Waals surface area contributed by atoms with Crippen LogP contribution in [0.1, 0.15) is 5.56 Å². The van der Waals surface area contributed by atoms with Gasteiger partial charge in [0.05, 0.1) is 16.3 Å². The van der Waals surface area contributed by atoms with Gasteiger partial charge < -0.3 is 5.32 Å². The maximum atomic E-state index is 13.5. The molecule has 1 N–H and O–H groups in total. The number of anilines is 2. The van der Waals surface area contributed by atoms with Crippen LogP contribution in [0.4, 0.5) is 11.4 Å². The highest BCUT2D eigenvalue weighted by Gasteiger charge is 2.27. The third kappa shape index (κ3) is 6.70.